The van der Waals surface area contributed by atoms with Gasteiger partial charge in [0.1, 0.15) is 0 Å². The second-order valence-corrected chi connectivity index (χ2v) is 6.04. The molecule has 0 aromatic heterocycles. The molecule has 0 spiro atoms. The fourth-order valence-corrected chi connectivity index (χ4v) is 2.93. The molecule has 124 valence electrons. The predicted octanol–water partition coefficient (Wildman–Crippen LogP) is 4.54. The average Bonchev–Trinajstić information content (AvgIpc) is 2.55. The summed E-state index contributed by atoms with van der Waals surface area (Å²) in [6, 6.07) is 6.05. The van der Waals surface area contributed by atoms with E-state index in [-0.39, 0.29) is 5.91 Å². The maximum Gasteiger partial charge on any atom is 0.265 e. The van der Waals surface area contributed by atoms with Gasteiger partial charge in [-0.2, -0.15) is 0 Å². The minimum absolute atomic E-state index is 0.166. The number of benzene rings is 1. The molecule has 0 fully saturated rings. The summed E-state index contributed by atoms with van der Waals surface area (Å²) in [4.78, 5) is 12.0. The summed E-state index contributed by atoms with van der Waals surface area (Å²) in [5, 5.41) is 0. The molecule has 3 nitrogen and oxygen atoms in total. The molecular formula is C19H32N2O. The number of nitrogens with one attached hydrogen (secondary N) is 1. The van der Waals surface area contributed by atoms with Gasteiger partial charge in [0, 0.05) is 5.56 Å². The number of nitrogen functional groups attached to an aromatic ring is 1. The SMILES string of the molecule is CCCCCCc1cccc(C(=O)NN)c1CCCCCC. The summed E-state index contributed by atoms with van der Waals surface area (Å²) < 4.78 is 0. The number of nitrogens with two attached hydrogens (primary N) is 1. The Morgan fingerprint density at radius 3 is 2.18 bits per heavy atom. The molecule has 0 aliphatic carbocycles. The van der Waals surface area contributed by atoms with Crippen molar-refractivity contribution in [3.05, 3.63) is 34.9 Å². The molecule has 0 saturated carbocycles. The molecule has 0 bridgehead atoms. The minimum Gasteiger partial charge on any atom is -0.290 e. The first-order chi connectivity index (χ1) is 10.7. The summed E-state index contributed by atoms with van der Waals surface area (Å²) >= 11 is 0. The molecule has 0 aliphatic heterocycles. The van der Waals surface area contributed by atoms with Gasteiger partial charge in [-0.1, -0.05) is 64.5 Å². The Bertz CT molecular complexity index is 443. The molecule has 1 rings (SSSR count). The van der Waals surface area contributed by atoms with Crippen LogP contribution in [0.3, 0.4) is 0 Å². The Hall–Kier alpha value is -1.35. The van der Waals surface area contributed by atoms with Crippen LogP contribution < -0.4 is 11.3 Å². The van der Waals surface area contributed by atoms with E-state index in [0.29, 0.717) is 0 Å². The Morgan fingerprint density at radius 1 is 0.955 bits per heavy atom. The van der Waals surface area contributed by atoms with Gasteiger partial charge in [0.25, 0.3) is 5.91 Å². The van der Waals surface area contributed by atoms with E-state index in [2.05, 4.69) is 25.3 Å². The second kappa shape index (κ2) is 11.2. The monoisotopic (exact) mass is 304 g/mol. The fourth-order valence-electron chi connectivity index (χ4n) is 2.93. The standard InChI is InChI=1S/C19H32N2O/c1-3-5-7-9-12-16-13-11-15-18(19(22)21-20)17(16)14-10-8-6-4-2/h11,13,15H,3-10,12,14,20H2,1-2H3,(H,21,22). The van der Waals surface area contributed by atoms with Gasteiger partial charge in [-0.05, 0) is 42.9 Å². The van der Waals surface area contributed by atoms with Gasteiger partial charge in [-0.3, -0.25) is 10.2 Å². The highest BCUT2D eigenvalue weighted by Gasteiger charge is 2.13. The lowest BCUT2D eigenvalue weighted by atomic mass is 9.92. The zero-order valence-corrected chi connectivity index (χ0v) is 14.3. The summed E-state index contributed by atoms with van der Waals surface area (Å²) in [6.45, 7) is 4.44. The van der Waals surface area contributed by atoms with Crippen molar-refractivity contribution in [1.82, 2.24) is 5.43 Å². The van der Waals surface area contributed by atoms with Crippen LogP contribution in [0.15, 0.2) is 18.2 Å². The van der Waals surface area contributed by atoms with Crippen LogP contribution in [-0.2, 0) is 12.8 Å². The van der Waals surface area contributed by atoms with Crippen molar-refractivity contribution in [1.29, 1.82) is 0 Å². The molecule has 0 unspecified atom stereocenters. The van der Waals surface area contributed by atoms with Crippen LogP contribution in [0.5, 0.6) is 0 Å². The number of hydrazine groups is 1. The van der Waals surface area contributed by atoms with Gasteiger partial charge in [0.15, 0.2) is 0 Å². The quantitative estimate of drug-likeness (QED) is 0.273. The topological polar surface area (TPSA) is 55.1 Å². The molecule has 0 atom stereocenters. The van der Waals surface area contributed by atoms with Crippen LogP contribution >= 0.6 is 0 Å². The molecule has 1 aromatic rings. The molecule has 0 saturated heterocycles. The first-order valence-electron chi connectivity index (χ1n) is 8.86. The number of carbonyl (C=O) groups excluding carboxylic acids is 1. The van der Waals surface area contributed by atoms with Crippen molar-refractivity contribution in [3.8, 4) is 0 Å². The third-order valence-electron chi connectivity index (χ3n) is 4.23. The average molecular weight is 304 g/mol. The van der Waals surface area contributed by atoms with Crippen LogP contribution in [0.2, 0.25) is 0 Å². The van der Waals surface area contributed by atoms with Gasteiger partial charge in [-0.25, -0.2) is 5.84 Å². The van der Waals surface area contributed by atoms with E-state index in [4.69, 9.17) is 5.84 Å². The highest BCUT2D eigenvalue weighted by atomic mass is 16.2. The molecule has 0 heterocycles. The lowest BCUT2D eigenvalue weighted by molar-refractivity contribution is 0.0952. The predicted molar refractivity (Wildman–Crippen MR) is 93.8 cm³/mol. The summed E-state index contributed by atoms with van der Waals surface area (Å²) in [5.74, 6) is 5.17. The number of hydrogen-bond acceptors (Lipinski definition) is 2. The van der Waals surface area contributed by atoms with Crippen molar-refractivity contribution in [3.63, 3.8) is 0 Å². The third kappa shape index (κ3) is 6.18. The van der Waals surface area contributed by atoms with Gasteiger partial charge >= 0.3 is 0 Å². The minimum atomic E-state index is -0.166. The molecule has 1 aromatic carbocycles. The number of hydrogen-bond donors (Lipinski definition) is 2. The van der Waals surface area contributed by atoms with Crippen molar-refractivity contribution >= 4 is 5.91 Å². The van der Waals surface area contributed by atoms with Crippen LogP contribution in [-0.4, -0.2) is 5.91 Å². The molecule has 0 aliphatic rings. The number of amides is 1. The van der Waals surface area contributed by atoms with Gasteiger partial charge < -0.3 is 0 Å². The molecule has 3 N–H and O–H groups in total. The zero-order chi connectivity index (χ0) is 16.2. The van der Waals surface area contributed by atoms with Crippen LogP contribution in [0.25, 0.3) is 0 Å². The highest BCUT2D eigenvalue weighted by molar-refractivity contribution is 5.95. The molecule has 22 heavy (non-hydrogen) atoms. The second-order valence-electron chi connectivity index (χ2n) is 6.04. The summed E-state index contributed by atoms with van der Waals surface area (Å²) in [6.07, 6.45) is 11.9. The third-order valence-corrected chi connectivity index (χ3v) is 4.23. The first-order valence-corrected chi connectivity index (χ1v) is 8.86. The van der Waals surface area contributed by atoms with Crippen LogP contribution in [0.4, 0.5) is 0 Å². The van der Waals surface area contributed by atoms with E-state index in [0.717, 1.165) is 24.8 Å². The highest BCUT2D eigenvalue weighted by Crippen LogP contribution is 2.21. The Balaban J connectivity index is 2.80. The lowest BCUT2D eigenvalue weighted by Crippen LogP contribution is -2.31. The Kier molecular flexibility index (Phi) is 9.56. The molecular weight excluding hydrogens is 272 g/mol. The van der Waals surface area contributed by atoms with E-state index in [1.165, 1.54) is 56.1 Å². The molecule has 0 radical (unpaired) electrons. The number of aryl methyl sites for hydroxylation is 1. The van der Waals surface area contributed by atoms with E-state index in [1.54, 1.807) is 0 Å². The fraction of sp³-hybridized carbons (Fsp3) is 0.632. The largest absolute Gasteiger partial charge is 0.290 e. The van der Waals surface area contributed by atoms with Crippen LogP contribution in [0.1, 0.15) is 86.7 Å². The number of carbonyl (C=O) groups is 1. The van der Waals surface area contributed by atoms with E-state index < -0.39 is 0 Å². The first kappa shape index (κ1) is 18.7. The smallest absolute Gasteiger partial charge is 0.265 e. The number of unbranched alkanes of at least 4 members (excludes halogenated alkanes) is 6. The van der Waals surface area contributed by atoms with Crippen molar-refractivity contribution in [2.24, 2.45) is 5.84 Å². The van der Waals surface area contributed by atoms with E-state index in [1.807, 2.05) is 12.1 Å². The van der Waals surface area contributed by atoms with Gasteiger partial charge in [0.2, 0.25) is 0 Å². The van der Waals surface area contributed by atoms with Crippen LogP contribution in [0, 0.1) is 0 Å². The van der Waals surface area contributed by atoms with E-state index in [9.17, 15) is 4.79 Å². The van der Waals surface area contributed by atoms with Gasteiger partial charge in [0.05, 0.1) is 0 Å². The molecule has 1 amide bonds. The molecule has 3 heteroatoms. The lowest BCUT2D eigenvalue weighted by Gasteiger charge is -2.14. The summed E-state index contributed by atoms with van der Waals surface area (Å²) in [5.41, 5.74) is 5.58. The maximum absolute atomic E-state index is 12.0. The van der Waals surface area contributed by atoms with Crippen molar-refractivity contribution in [2.45, 2.75) is 78.1 Å². The maximum atomic E-state index is 12.0. The van der Waals surface area contributed by atoms with Crippen molar-refractivity contribution < 1.29 is 4.79 Å². The number of rotatable bonds is 11. The zero-order valence-electron chi connectivity index (χ0n) is 14.3. The Labute approximate surface area is 135 Å². The van der Waals surface area contributed by atoms with Crippen molar-refractivity contribution in [2.75, 3.05) is 0 Å². The Morgan fingerprint density at radius 2 is 1.59 bits per heavy atom. The van der Waals surface area contributed by atoms with E-state index >= 15 is 0 Å². The normalized spacial score (nSPS) is 10.7. The van der Waals surface area contributed by atoms with Gasteiger partial charge in [-0.15, -0.1) is 0 Å². The summed E-state index contributed by atoms with van der Waals surface area (Å²) in [7, 11) is 0.